The molecule has 2 aromatic rings. The molecule has 1 atom stereocenters. The summed E-state index contributed by atoms with van der Waals surface area (Å²) in [6.07, 6.45) is 1.42. The molecule has 0 amide bonds. The topological polar surface area (TPSA) is 46.2 Å². The maximum absolute atomic E-state index is 13.5. The van der Waals surface area contributed by atoms with Crippen molar-refractivity contribution in [1.29, 1.82) is 0 Å². The highest BCUT2D eigenvalue weighted by Crippen LogP contribution is 2.48. The van der Waals surface area contributed by atoms with Gasteiger partial charge in [-0.3, -0.25) is 0 Å². The summed E-state index contributed by atoms with van der Waals surface area (Å²) in [7, 11) is 0. The van der Waals surface area contributed by atoms with Gasteiger partial charge in [0.2, 0.25) is 0 Å². The molecule has 1 aliphatic rings. The fraction of sp³-hybridized carbons (Fsp3) is 0.333. The molecule has 2 aromatic carbocycles. The van der Waals surface area contributed by atoms with E-state index in [2.05, 4.69) is 12.1 Å². The van der Waals surface area contributed by atoms with Crippen molar-refractivity contribution in [1.82, 2.24) is 0 Å². The molecule has 21 heavy (non-hydrogen) atoms. The summed E-state index contributed by atoms with van der Waals surface area (Å²) >= 11 is 0. The van der Waals surface area contributed by atoms with Crippen molar-refractivity contribution in [2.75, 3.05) is 6.54 Å². The van der Waals surface area contributed by atoms with Crippen LogP contribution in [-0.2, 0) is 18.4 Å². The molecule has 110 valence electrons. The van der Waals surface area contributed by atoms with Crippen LogP contribution >= 0.6 is 0 Å². The summed E-state index contributed by atoms with van der Waals surface area (Å²) < 4.78 is 13.5. The first-order valence-corrected chi connectivity index (χ1v) is 7.24. The first-order chi connectivity index (χ1) is 9.98. The second-order valence-electron chi connectivity index (χ2n) is 6.19. The van der Waals surface area contributed by atoms with Crippen molar-refractivity contribution >= 4 is 0 Å². The van der Waals surface area contributed by atoms with Crippen LogP contribution in [0.15, 0.2) is 48.5 Å². The molecule has 3 rings (SSSR count). The zero-order chi connectivity index (χ0) is 15.1. The molecule has 3 heteroatoms. The third kappa shape index (κ3) is 2.17. The Bertz CT molecular complexity index is 641. The van der Waals surface area contributed by atoms with Crippen molar-refractivity contribution in [3.63, 3.8) is 0 Å². The van der Waals surface area contributed by atoms with Crippen LogP contribution in [0.2, 0.25) is 0 Å². The van der Waals surface area contributed by atoms with E-state index in [4.69, 9.17) is 5.73 Å². The van der Waals surface area contributed by atoms with E-state index >= 15 is 0 Å². The average molecular weight is 285 g/mol. The van der Waals surface area contributed by atoms with Crippen LogP contribution in [-0.4, -0.2) is 11.7 Å². The Labute approximate surface area is 124 Å². The molecule has 1 unspecified atom stereocenters. The Morgan fingerprint density at radius 1 is 1.14 bits per heavy atom. The standard InChI is InChI=1S/C18H20FNO/c1-17(21,15-7-4-8-16(19)9-15)18(12-20)10-13-5-2-3-6-14(13)11-18/h2-9,21H,10-12,20H2,1H3. The predicted molar refractivity (Wildman–Crippen MR) is 81.3 cm³/mol. The fourth-order valence-electron chi connectivity index (χ4n) is 3.48. The van der Waals surface area contributed by atoms with Gasteiger partial charge in [-0.1, -0.05) is 36.4 Å². The minimum Gasteiger partial charge on any atom is -0.385 e. The Morgan fingerprint density at radius 3 is 2.29 bits per heavy atom. The highest BCUT2D eigenvalue weighted by Gasteiger charge is 2.50. The number of rotatable bonds is 3. The summed E-state index contributed by atoms with van der Waals surface area (Å²) in [5.41, 5.74) is 7.41. The van der Waals surface area contributed by atoms with Gasteiger partial charge in [0, 0.05) is 12.0 Å². The van der Waals surface area contributed by atoms with Gasteiger partial charge < -0.3 is 10.8 Å². The molecule has 1 aliphatic carbocycles. The van der Waals surface area contributed by atoms with Crippen molar-refractivity contribution in [3.8, 4) is 0 Å². The van der Waals surface area contributed by atoms with Gasteiger partial charge in [-0.25, -0.2) is 4.39 Å². The summed E-state index contributed by atoms with van der Waals surface area (Å²) in [6, 6.07) is 14.3. The molecule has 0 heterocycles. The van der Waals surface area contributed by atoms with Gasteiger partial charge in [0.1, 0.15) is 5.82 Å². The first-order valence-electron chi connectivity index (χ1n) is 7.24. The van der Waals surface area contributed by atoms with Gasteiger partial charge in [0.15, 0.2) is 0 Å². The molecule has 0 saturated heterocycles. The zero-order valence-corrected chi connectivity index (χ0v) is 12.1. The van der Waals surface area contributed by atoms with E-state index in [-0.39, 0.29) is 5.82 Å². The molecule has 3 N–H and O–H groups in total. The van der Waals surface area contributed by atoms with E-state index in [9.17, 15) is 9.50 Å². The fourth-order valence-corrected chi connectivity index (χ4v) is 3.48. The number of hydrogen-bond donors (Lipinski definition) is 2. The quantitative estimate of drug-likeness (QED) is 0.911. The number of fused-ring (bicyclic) bond motifs is 1. The first kappa shape index (κ1) is 14.2. The van der Waals surface area contributed by atoms with Gasteiger partial charge in [0.05, 0.1) is 5.60 Å². The number of nitrogens with two attached hydrogens (primary N) is 1. The van der Waals surface area contributed by atoms with E-state index < -0.39 is 11.0 Å². The third-order valence-corrected chi connectivity index (χ3v) is 4.99. The summed E-state index contributed by atoms with van der Waals surface area (Å²) in [6.45, 7) is 2.10. The number of halogens is 1. The maximum atomic E-state index is 13.5. The Kier molecular flexibility index (Phi) is 3.34. The van der Waals surface area contributed by atoms with Crippen molar-refractivity contribution in [2.24, 2.45) is 11.1 Å². The number of hydrogen-bond acceptors (Lipinski definition) is 2. The van der Waals surface area contributed by atoms with Gasteiger partial charge in [0.25, 0.3) is 0 Å². The van der Waals surface area contributed by atoms with Crippen LogP contribution in [0.25, 0.3) is 0 Å². The predicted octanol–water partition coefficient (Wildman–Crippen LogP) is 2.78. The summed E-state index contributed by atoms with van der Waals surface area (Å²) in [4.78, 5) is 0. The lowest BCUT2D eigenvalue weighted by molar-refractivity contribution is -0.0677. The molecule has 0 spiro atoms. The largest absolute Gasteiger partial charge is 0.385 e. The van der Waals surface area contributed by atoms with Crippen molar-refractivity contribution in [3.05, 3.63) is 71.0 Å². The van der Waals surface area contributed by atoms with Crippen molar-refractivity contribution < 1.29 is 9.50 Å². The average Bonchev–Trinajstić information content (AvgIpc) is 2.87. The second-order valence-corrected chi connectivity index (χ2v) is 6.19. The van der Waals surface area contributed by atoms with Crippen LogP contribution < -0.4 is 5.73 Å². The van der Waals surface area contributed by atoms with Crippen molar-refractivity contribution in [2.45, 2.75) is 25.4 Å². The monoisotopic (exact) mass is 285 g/mol. The lowest BCUT2D eigenvalue weighted by Crippen LogP contribution is -2.49. The van der Waals surface area contributed by atoms with Crippen LogP contribution in [0.5, 0.6) is 0 Å². The normalized spacial score (nSPS) is 19.0. The summed E-state index contributed by atoms with van der Waals surface area (Å²) in [5, 5.41) is 11.2. The second kappa shape index (κ2) is 4.93. The highest BCUT2D eigenvalue weighted by molar-refractivity contribution is 5.38. The highest BCUT2D eigenvalue weighted by atomic mass is 19.1. The van der Waals surface area contributed by atoms with Crippen LogP contribution in [0, 0.1) is 11.2 Å². The van der Waals surface area contributed by atoms with E-state index in [1.807, 2.05) is 12.1 Å². The van der Waals surface area contributed by atoms with Gasteiger partial charge in [-0.2, -0.15) is 0 Å². The summed E-state index contributed by atoms with van der Waals surface area (Å²) in [5.74, 6) is -0.338. The molecule has 0 saturated carbocycles. The lowest BCUT2D eigenvalue weighted by atomic mass is 9.67. The van der Waals surface area contributed by atoms with Crippen LogP contribution in [0.4, 0.5) is 4.39 Å². The third-order valence-electron chi connectivity index (χ3n) is 4.99. The molecule has 0 aromatic heterocycles. The maximum Gasteiger partial charge on any atom is 0.123 e. The smallest absolute Gasteiger partial charge is 0.123 e. The number of benzene rings is 2. The Balaban J connectivity index is 2.05. The van der Waals surface area contributed by atoms with E-state index in [1.54, 1.807) is 19.1 Å². The molecular formula is C18H20FNO. The van der Waals surface area contributed by atoms with E-state index in [0.717, 1.165) is 0 Å². The minimum atomic E-state index is -1.18. The minimum absolute atomic E-state index is 0.338. The molecule has 2 nitrogen and oxygen atoms in total. The molecular weight excluding hydrogens is 265 g/mol. The molecule has 0 radical (unpaired) electrons. The molecule has 0 aliphatic heterocycles. The van der Waals surface area contributed by atoms with Crippen LogP contribution in [0.3, 0.4) is 0 Å². The number of aliphatic hydroxyl groups is 1. The SMILES string of the molecule is CC(O)(c1cccc(F)c1)C1(CN)Cc2ccccc2C1. The van der Waals surface area contributed by atoms with Gasteiger partial charge in [-0.05, 0) is 48.6 Å². The molecule has 0 fully saturated rings. The lowest BCUT2D eigenvalue weighted by Gasteiger charge is -2.42. The van der Waals surface area contributed by atoms with E-state index in [1.165, 1.54) is 23.3 Å². The Hall–Kier alpha value is -1.71. The van der Waals surface area contributed by atoms with Gasteiger partial charge in [-0.15, -0.1) is 0 Å². The van der Waals surface area contributed by atoms with E-state index in [0.29, 0.717) is 24.9 Å². The molecule has 0 bridgehead atoms. The van der Waals surface area contributed by atoms with Crippen LogP contribution in [0.1, 0.15) is 23.6 Å². The Morgan fingerprint density at radius 2 is 1.76 bits per heavy atom. The van der Waals surface area contributed by atoms with Gasteiger partial charge >= 0.3 is 0 Å². The zero-order valence-electron chi connectivity index (χ0n) is 12.1.